The zero-order valence-corrected chi connectivity index (χ0v) is 8.88. The van der Waals surface area contributed by atoms with Gasteiger partial charge in [0.15, 0.2) is 0 Å². The van der Waals surface area contributed by atoms with Crippen LogP contribution in [0.25, 0.3) is 0 Å². The number of ether oxygens (including phenoxy) is 1. The molecule has 0 unspecified atom stereocenters. The number of carbonyl (C=O) groups excluding carboxylic acids is 1. The standard InChI is InChI=1S/C8H7O2.ClH.Mg/c1-10-8(9)7-5-3-2-4-6-7;;/h2-3,5-6H,1H3;1H;/q-1;;+2/p-1. The van der Waals surface area contributed by atoms with Crippen molar-refractivity contribution in [1.82, 2.24) is 0 Å². The number of hydrogen-bond acceptors (Lipinski definition) is 2. The summed E-state index contributed by atoms with van der Waals surface area (Å²) in [6.07, 6.45) is 0. The topological polar surface area (TPSA) is 26.3 Å². The van der Waals surface area contributed by atoms with E-state index in [1.807, 2.05) is 0 Å². The minimum absolute atomic E-state index is 0. The van der Waals surface area contributed by atoms with Crippen molar-refractivity contribution in [2.45, 2.75) is 0 Å². The van der Waals surface area contributed by atoms with Crippen LogP contribution >= 0.6 is 0 Å². The first-order valence-corrected chi connectivity index (χ1v) is 2.89. The van der Waals surface area contributed by atoms with E-state index in [1.54, 1.807) is 24.3 Å². The fourth-order valence-corrected chi connectivity index (χ4v) is 0.638. The molecule has 4 heteroatoms. The Labute approximate surface area is 93.9 Å². The van der Waals surface area contributed by atoms with Gasteiger partial charge in [-0.1, -0.05) is 5.56 Å². The molecule has 0 spiro atoms. The summed E-state index contributed by atoms with van der Waals surface area (Å²) >= 11 is 0. The molecule has 0 amide bonds. The zero-order valence-electron chi connectivity index (χ0n) is 6.71. The monoisotopic (exact) mass is 194 g/mol. The van der Waals surface area contributed by atoms with Crippen molar-refractivity contribution in [3.8, 4) is 0 Å². The van der Waals surface area contributed by atoms with Crippen LogP contribution in [0.3, 0.4) is 0 Å². The summed E-state index contributed by atoms with van der Waals surface area (Å²) in [7, 11) is 1.36. The fraction of sp³-hybridized carbons (Fsp3) is 0.125. The van der Waals surface area contributed by atoms with Gasteiger partial charge in [-0.2, -0.15) is 30.3 Å². The van der Waals surface area contributed by atoms with Crippen LogP contribution in [0.1, 0.15) is 10.4 Å². The van der Waals surface area contributed by atoms with Gasteiger partial charge in [0.2, 0.25) is 0 Å². The van der Waals surface area contributed by atoms with Crippen LogP contribution in [-0.4, -0.2) is 36.1 Å². The van der Waals surface area contributed by atoms with E-state index in [2.05, 4.69) is 10.8 Å². The second-order valence-electron chi connectivity index (χ2n) is 1.78. The van der Waals surface area contributed by atoms with Crippen LogP contribution in [0, 0.1) is 6.07 Å². The largest absolute Gasteiger partial charge is 2.00 e. The van der Waals surface area contributed by atoms with Crippen molar-refractivity contribution in [3.05, 3.63) is 35.9 Å². The van der Waals surface area contributed by atoms with Crippen molar-refractivity contribution < 1.29 is 21.9 Å². The van der Waals surface area contributed by atoms with Crippen LogP contribution in [0.2, 0.25) is 0 Å². The number of esters is 1. The van der Waals surface area contributed by atoms with Crippen molar-refractivity contribution in [2.75, 3.05) is 7.11 Å². The van der Waals surface area contributed by atoms with Crippen molar-refractivity contribution in [2.24, 2.45) is 0 Å². The van der Waals surface area contributed by atoms with Crippen molar-refractivity contribution in [3.63, 3.8) is 0 Å². The Hall–Kier alpha value is -0.254. The van der Waals surface area contributed by atoms with Gasteiger partial charge in [0, 0.05) is 0 Å². The van der Waals surface area contributed by atoms with E-state index in [4.69, 9.17) is 0 Å². The average Bonchev–Trinajstić information content (AvgIpc) is 2.05. The van der Waals surface area contributed by atoms with Crippen LogP contribution < -0.4 is 12.4 Å². The Bertz CT molecular complexity index is 226. The summed E-state index contributed by atoms with van der Waals surface area (Å²) in [4.78, 5) is 10.8. The Morgan fingerprint density at radius 2 is 2.25 bits per heavy atom. The number of hydrogen-bond donors (Lipinski definition) is 0. The summed E-state index contributed by atoms with van der Waals surface area (Å²) in [5.41, 5.74) is 0.532. The molecule has 0 saturated heterocycles. The van der Waals surface area contributed by atoms with E-state index in [-0.39, 0.29) is 41.4 Å². The van der Waals surface area contributed by atoms with Gasteiger partial charge in [0.05, 0.1) is 7.11 Å². The van der Waals surface area contributed by atoms with Gasteiger partial charge in [-0.15, -0.1) is 0 Å². The van der Waals surface area contributed by atoms with Crippen LogP contribution in [0.5, 0.6) is 0 Å². The molecule has 12 heavy (non-hydrogen) atoms. The van der Waals surface area contributed by atoms with Crippen LogP contribution in [-0.2, 0) is 4.74 Å². The first kappa shape index (κ1) is 14.3. The molecule has 0 bridgehead atoms. The summed E-state index contributed by atoms with van der Waals surface area (Å²) < 4.78 is 4.48. The van der Waals surface area contributed by atoms with Crippen LogP contribution in [0.15, 0.2) is 24.3 Å². The molecule has 0 radical (unpaired) electrons. The molecule has 0 fully saturated rings. The maximum Gasteiger partial charge on any atom is 2.00 e. The second kappa shape index (κ2) is 7.40. The maximum atomic E-state index is 10.8. The van der Waals surface area contributed by atoms with Gasteiger partial charge in [0.1, 0.15) is 0 Å². The number of methoxy groups -OCH3 is 1. The number of halogens is 1. The average molecular weight is 195 g/mol. The Morgan fingerprint density at radius 3 is 2.67 bits per heavy atom. The van der Waals surface area contributed by atoms with E-state index >= 15 is 0 Å². The Balaban J connectivity index is 0. The quantitative estimate of drug-likeness (QED) is 0.291. The van der Waals surface area contributed by atoms with Gasteiger partial charge in [-0.05, 0) is 0 Å². The minimum atomic E-state index is -0.322. The summed E-state index contributed by atoms with van der Waals surface area (Å²) in [6, 6.07) is 9.52. The fourth-order valence-electron chi connectivity index (χ4n) is 0.638. The summed E-state index contributed by atoms with van der Waals surface area (Å²) in [6.45, 7) is 0. The molecule has 1 rings (SSSR count). The molecule has 2 nitrogen and oxygen atoms in total. The van der Waals surface area contributed by atoms with E-state index < -0.39 is 0 Å². The predicted molar refractivity (Wildman–Crippen MR) is 42.4 cm³/mol. The Kier molecular flexibility index (Phi) is 8.80. The molecular formula is C8H7ClMgO2. The third kappa shape index (κ3) is 3.95. The maximum absolute atomic E-state index is 10.8. The number of carbonyl (C=O) groups is 1. The van der Waals surface area contributed by atoms with Crippen molar-refractivity contribution >= 4 is 29.0 Å². The van der Waals surface area contributed by atoms with Crippen molar-refractivity contribution in [1.29, 1.82) is 0 Å². The molecule has 1 aromatic rings. The SMILES string of the molecule is COC(=O)c1c[c-]ccc1.[Cl-].[Mg+2]. The summed E-state index contributed by atoms with van der Waals surface area (Å²) in [5.74, 6) is -0.322. The third-order valence-corrected chi connectivity index (χ3v) is 1.13. The normalized spacial score (nSPS) is 7.42. The van der Waals surface area contributed by atoms with E-state index in [1.165, 1.54) is 7.11 Å². The van der Waals surface area contributed by atoms with E-state index in [0.29, 0.717) is 5.56 Å². The van der Waals surface area contributed by atoms with Gasteiger partial charge in [-0.3, -0.25) is 4.79 Å². The second-order valence-corrected chi connectivity index (χ2v) is 1.78. The van der Waals surface area contributed by atoms with E-state index in [0.717, 1.165) is 0 Å². The van der Waals surface area contributed by atoms with Gasteiger partial charge in [0.25, 0.3) is 5.97 Å². The van der Waals surface area contributed by atoms with E-state index in [9.17, 15) is 4.79 Å². The Morgan fingerprint density at radius 1 is 1.58 bits per heavy atom. The molecule has 1 aromatic carbocycles. The molecule has 0 atom stereocenters. The van der Waals surface area contributed by atoms with Gasteiger partial charge < -0.3 is 17.1 Å². The molecule has 0 aliphatic rings. The molecule has 0 aliphatic heterocycles. The molecule has 0 aliphatic carbocycles. The number of benzene rings is 1. The van der Waals surface area contributed by atoms with Gasteiger partial charge >= 0.3 is 23.1 Å². The first-order chi connectivity index (χ1) is 4.84. The third-order valence-electron chi connectivity index (χ3n) is 1.13. The molecule has 0 saturated carbocycles. The smallest absolute Gasteiger partial charge is 1.00 e. The zero-order chi connectivity index (χ0) is 7.40. The molecule has 0 N–H and O–H groups in total. The van der Waals surface area contributed by atoms with Gasteiger partial charge in [-0.25, -0.2) is 0 Å². The predicted octanol–water partition coefficient (Wildman–Crippen LogP) is -2.10. The van der Waals surface area contributed by atoms with Crippen LogP contribution in [0.4, 0.5) is 0 Å². The molecule has 0 aromatic heterocycles. The first-order valence-electron chi connectivity index (χ1n) is 2.89. The molecular weight excluding hydrogens is 188 g/mol. The number of rotatable bonds is 1. The summed E-state index contributed by atoms with van der Waals surface area (Å²) in [5, 5.41) is 0. The minimum Gasteiger partial charge on any atom is -1.00 e. The molecule has 0 heterocycles. The molecule has 60 valence electrons.